The fraction of sp³-hybridized carbons (Fsp3) is 0.600. The Kier molecular flexibility index (Phi) is 8.36. The average molecular weight is 359 g/mol. The lowest BCUT2D eigenvalue weighted by Crippen LogP contribution is -2.48. The third-order valence-electron chi connectivity index (χ3n) is 4.68. The minimum atomic E-state index is -0.326. The van der Waals surface area contributed by atoms with Crippen LogP contribution in [0.5, 0.6) is 0 Å². The van der Waals surface area contributed by atoms with Crippen molar-refractivity contribution in [1.82, 2.24) is 15.5 Å². The molecule has 0 spiro atoms. The van der Waals surface area contributed by atoms with E-state index in [0.717, 1.165) is 32.5 Å². The zero-order valence-electron chi connectivity index (χ0n) is 15.9. The Bertz CT molecular complexity index is 630. The molecule has 0 aliphatic carbocycles. The smallest absolute Gasteiger partial charge is 0.191 e. The first kappa shape index (κ1) is 20.2. The molecule has 1 heterocycles. The quantitative estimate of drug-likeness (QED) is 0.580. The van der Waals surface area contributed by atoms with Crippen LogP contribution in [0, 0.1) is 17.1 Å². The molecule has 1 saturated heterocycles. The van der Waals surface area contributed by atoms with E-state index in [4.69, 9.17) is 5.26 Å². The van der Waals surface area contributed by atoms with Crippen molar-refractivity contribution in [2.45, 2.75) is 52.1 Å². The highest BCUT2D eigenvalue weighted by Gasteiger charge is 2.19. The van der Waals surface area contributed by atoms with Gasteiger partial charge in [-0.3, -0.25) is 0 Å². The number of piperidine rings is 1. The number of rotatable bonds is 7. The Hall–Kier alpha value is -2.13. The maximum Gasteiger partial charge on any atom is 0.191 e. The van der Waals surface area contributed by atoms with E-state index < -0.39 is 0 Å². The van der Waals surface area contributed by atoms with E-state index in [0.29, 0.717) is 23.1 Å². The second-order valence-electron chi connectivity index (χ2n) is 6.73. The predicted molar refractivity (Wildman–Crippen MR) is 103 cm³/mol. The summed E-state index contributed by atoms with van der Waals surface area (Å²) in [5.41, 5.74) is 0.893. The number of hydrogen-bond acceptors (Lipinski definition) is 3. The summed E-state index contributed by atoms with van der Waals surface area (Å²) in [5, 5.41) is 15.7. The molecule has 0 atom stereocenters. The van der Waals surface area contributed by atoms with E-state index in [1.54, 1.807) is 6.07 Å². The minimum Gasteiger partial charge on any atom is -0.357 e. The molecular weight excluding hydrogens is 329 g/mol. The van der Waals surface area contributed by atoms with Gasteiger partial charge in [0.05, 0.1) is 18.2 Å². The van der Waals surface area contributed by atoms with Crippen LogP contribution in [0.2, 0.25) is 0 Å². The molecule has 0 radical (unpaired) electrons. The van der Waals surface area contributed by atoms with Crippen LogP contribution in [0.3, 0.4) is 0 Å². The van der Waals surface area contributed by atoms with Gasteiger partial charge in [0, 0.05) is 31.2 Å². The van der Waals surface area contributed by atoms with Crippen LogP contribution in [-0.2, 0) is 6.54 Å². The van der Waals surface area contributed by atoms with Gasteiger partial charge in [-0.2, -0.15) is 5.26 Å². The molecule has 5 nitrogen and oxygen atoms in total. The molecular formula is C20H30FN5. The predicted octanol–water partition coefficient (Wildman–Crippen LogP) is 3.02. The van der Waals surface area contributed by atoms with E-state index >= 15 is 0 Å². The molecule has 1 aromatic rings. The average Bonchev–Trinajstić information content (AvgIpc) is 2.66. The molecule has 0 amide bonds. The van der Waals surface area contributed by atoms with Gasteiger partial charge in [-0.1, -0.05) is 13.3 Å². The van der Waals surface area contributed by atoms with E-state index in [-0.39, 0.29) is 12.4 Å². The van der Waals surface area contributed by atoms with E-state index in [9.17, 15) is 4.39 Å². The molecule has 6 heteroatoms. The number of likely N-dealkylation sites (tertiary alicyclic amines) is 1. The van der Waals surface area contributed by atoms with E-state index in [2.05, 4.69) is 27.4 Å². The summed E-state index contributed by atoms with van der Waals surface area (Å²) in [5.74, 6) is 0.383. The van der Waals surface area contributed by atoms with Crippen LogP contribution in [0.25, 0.3) is 0 Å². The molecule has 0 aromatic heterocycles. The highest BCUT2D eigenvalue weighted by Crippen LogP contribution is 2.13. The second kappa shape index (κ2) is 10.8. The lowest BCUT2D eigenvalue weighted by Gasteiger charge is -2.33. The van der Waals surface area contributed by atoms with Crippen LogP contribution in [0.15, 0.2) is 23.2 Å². The van der Waals surface area contributed by atoms with Gasteiger partial charge in [0.1, 0.15) is 5.82 Å². The number of unbranched alkanes of at least 4 members (excludes halogenated alkanes) is 1. The summed E-state index contributed by atoms with van der Waals surface area (Å²) < 4.78 is 13.9. The van der Waals surface area contributed by atoms with Crippen molar-refractivity contribution in [3.63, 3.8) is 0 Å². The fourth-order valence-corrected chi connectivity index (χ4v) is 3.13. The summed E-state index contributed by atoms with van der Waals surface area (Å²) >= 11 is 0. The molecule has 1 fully saturated rings. The summed E-state index contributed by atoms with van der Waals surface area (Å²) in [6.07, 6.45) is 4.67. The molecule has 0 saturated carbocycles. The topological polar surface area (TPSA) is 63.5 Å². The van der Waals surface area contributed by atoms with Crippen molar-refractivity contribution in [2.75, 3.05) is 26.2 Å². The van der Waals surface area contributed by atoms with Gasteiger partial charge < -0.3 is 15.5 Å². The Labute approximate surface area is 156 Å². The first-order valence-corrected chi connectivity index (χ1v) is 9.62. The second-order valence-corrected chi connectivity index (χ2v) is 6.73. The molecule has 1 aliphatic heterocycles. The SMILES string of the molecule is CCCCN1CCC(NC(=NCc2cc(C#N)ccc2F)NCC)CC1. The minimum absolute atomic E-state index is 0.214. The zero-order valence-corrected chi connectivity index (χ0v) is 15.9. The van der Waals surface area contributed by atoms with Gasteiger partial charge in [-0.05, 0) is 50.9 Å². The molecule has 142 valence electrons. The summed E-state index contributed by atoms with van der Waals surface area (Å²) in [6, 6.07) is 6.81. The summed E-state index contributed by atoms with van der Waals surface area (Å²) in [7, 11) is 0. The molecule has 1 aliphatic rings. The maximum absolute atomic E-state index is 13.9. The number of guanidine groups is 1. The van der Waals surface area contributed by atoms with Crippen LogP contribution in [-0.4, -0.2) is 43.1 Å². The fourth-order valence-electron chi connectivity index (χ4n) is 3.13. The summed E-state index contributed by atoms with van der Waals surface area (Å²) in [4.78, 5) is 7.04. The van der Waals surface area contributed by atoms with Gasteiger partial charge in [0.25, 0.3) is 0 Å². The molecule has 2 N–H and O–H groups in total. The number of nitriles is 1. The highest BCUT2D eigenvalue weighted by atomic mass is 19.1. The lowest BCUT2D eigenvalue weighted by molar-refractivity contribution is 0.203. The number of benzene rings is 1. The van der Waals surface area contributed by atoms with Crippen LogP contribution < -0.4 is 10.6 Å². The molecule has 1 aromatic carbocycles. The number of nitrogens with zero attached hydrogens (tertiary/aromatic N) is 3. The van der Waals surface area contributed by atoms with E-state index in [1.807, 2.05) is 13.0 Å². The third kappa shape index (κ3) is 6.30. The van der Waals surface area contributed by atoms with Gasteiger partial charge in [0.2, 0.25) is 0 Å². The molecule has 26 heavy (non-hydrogen) atoms. The van der Waals surface area contributed by atoms with Gasteiger partial charge >= 0.3 is 0 Å². The number of aliphatic imine (C=N–C) groups is 1. The number of hydrogen-bond donors (Lipinski definition) is 2. The van der Waals surface area contributed by atoms with Crippen molar-refractivity contribution in [3.05, 3.63) is 35.1 Å². The van der Waals surface area contributed by atoms with Crippen molar-refractivity contribution < 1.29 is 4.39 Å². The van der Waals surface area contributed by atoms with Crippen molar-refractivity contribution in [1.29, 1.82) is 5.26 Å². The van der Waals surface area contributed by atoms with Gasteiger partial charge in [-0.25, -0.2) is 9.38 Å². The van der Waals surface area contributed by atoms with Gasteiger partial charge in [-0.15, -0.1) is 0 Å². The van der Waals surface area contributed by atoms with Crippen LogP contribution in [0.1, 0.15) is 50.7 Å². The van der Waals surface area contributed by atoms with Crippen LogP contribution >= 0.6 is 0 Å². The van der Waals surface area contributed by atoms with Crippen LogP contribution in [0.4, 0.5) is 4.39 Å². The zero-order chi connectivity index (χ0) is 18.8. The number of halogens is 1. The molecule has 2 rings (SSSR count). The maximum atomic E-state index is 13.9. The first-order valence-electron chi connectivity index (χ1n) is 9.62. The Morgan fingerprint density at radius 2 is 2.12 bits per heavy atom. The Morgan fingerprint density at radius 1 is 1.35 bits per heavy atom. The highest BCUT2D eigenvalue weighted by molar-refractivity contribution is 5.80. The number of nitrogens with one attached hydrogen (secondary N) is 2. The third-order valence-corrected chi connectivity index (χ3v) is 4.68. The first-order chi connectivity index (χ1) is 12.7. The van der Waals surface area contributed by atoms with Crippen molar-refractivity contribution in [3.8, 4) is 6.07 Å². The largest absolute Gasteiger partial charge is 0.357 e. The molecule has 0 unspecified atom stereocenters. The molecule has 0 bridgehead atoms. The standard InChI is InChI=1S/C20H30FN5/c1-3-5-10-26-11-8-18(9-12-26)25-20(23-4-2)24-15-17-13-16(14-22)6-7-19(17)21/h6-7,13,18H,3-5,8-12,15H2,1-2H3,(H2,23,24,25). The Morgan fingerprint density at radius 3 is 2.77 bits per heavy atom. The van der Waals surface area contributed by atoms with Crippen molar-refractivity contribution >= 4 is 5.96 Å². The van der Waals surface area contributed by atoms with Crippen molar-refractivity contribution in [2.24, 2.45) is 4.99 Å². The normalized spacial score (nSPS) is 16.3. The summed E-state index contributed by atoms with van der Waals surface area (Å²) in [6.45, 7) is 8.61. The lowest BCUT2D eigenvalue weighted by atomic mass is 10.0. The van der Waals surface area contributed by atoms with E-state index in [1.165, 1.54) is 31.5 Å². The monoisotopic (exact) mass is 359 g/mol. The van der Waals surface area contributed by atoms with Gasteiger partial charge in [0.15, 0.2) is 5.96 Å². The Balaban J connectivity index is 1.92.